The van der Waals surface area contributed by atoms with Gasteiger partial charge >= 0.3 is 0 Å². The number of anilines is 2. The Hall–Kier alpha value is -1.75. The number of thioether (sulfide) groups is 1. The Labute approximate surface area is 111 Å². The van der Waals surface area contributed by atoms with Gasteiger partial charge in [-0.05, 0) is 30.9 Å². The SMILES string of the molecule is CSc1cc(NC(C)c2cccc(N)c2)ncn1. The molecule has 0 fully saturated rings. The van der Waals surface area contributed by atoms with Crippen LogP contribution in [0.15, 0.2) is 41.7 Å². The van der Waals surface area contributed by atoms with Gasteiger partial charge in [-0.15, -0.1) is 11.8 Å². The molecule has 4 nitrogen and oxygen atoms in total. The molecule has 1 unspecified atom stereocenters. The molecule has 18 heavy (non-hydrogen) atoms. The summed E-state index contributed by atoms with van der Waals surface area (Å²) in [5.41, 5.74) is 7.69. The molecule has 1 aromatic carbocycles. The number of hydrogen-bond acceptors (Lipinski definition) is 5. The number of rotatable bonds is 4. The van der Waals surface area contributed by atoms with Crippen LogP contribution >= 0.6 is 11.8 Å². The topological polar surface area (TPSA) is 63.8 Å². The van der Waals surface area contributed by atoms with Crippen LogP contribution in [0.25, 0.3) is 0 Å². The van der Waals surface area contributed by atoms with Gasteiger partial charge in [-0.2, -0.15) is 0 Å². The van der Waals surface area contributed by atoms with Crippen LogP contribution < -0.4 is 11.1 Å². The predicted molar refractivity (Wildman–Crippen MR) is 76.7 cm³/mol. The van der Waals surface area contributed by atoms with Gasteiger partial charge in [0.05, 0.1) is 6.04 Å². The van der Waals surface area contributed by atoms with Gasteiger partial charge in [0, 0.05) is 11.8 Å². The van der Waals surface area contributed by atoms with E-state index in [1.54, 1.807) is 18.1 Å². The zero-order valence-corrected chi connectivity index (χ0v) is 11.2. The normalized spacial score (nSPS) is 12.1. The summed E-state index contributed by atoms with van der Waals surface area (Å²) >= 11 is 1.60. The van der Waals surface area contributed by atoms with E-state index in [1.165, 1.54) is 0 Å². The maximum atomic E-state index is 5.78. The fraction of sp³-hybridized carbons (Fsp3) is 0.231. The first-order valence-electron chi connectivity index (χ1n) is 5.67. The smallest absolute Gasteiger partial charge is 0.130 e. The molecular weight excluding hydrogens is 244 g/mol. The van der Waals surface area contributed by atoms with Crippen LogP contribution in [0.4, 0.5) is 11.5 Å². The van der Waals surface area contributed by atoms with Crippen LogP contribution in [0.5, 0.6) is 0 Å². The molecule has 0 spiro atoms. The number of nitrogens with zero attached hydrogens (tertiary/aromatic N) is 2. The van der Waals surface area contributed by atoms with E-state index in [4.69, 9.17) is 5.73 Å². The fourth-order valence-electron chi connectivity index (χ4n) is 1.66. The van der Waals surface area contributed by atoms with E-state index in [9.17, 15) is 0 Å². The Morgan fingerprint density at radius 2 is 2.11 bits per heavy atom. The Bertz CT molecular complexity index is 530. The molecule has 3 N–H and O–H groups in total. The van der Waals surface area contributed by atoms with E-state index in [2.05, 4.69) is 22.2 Å². The van der Waals surface area contributed by atoms with Gasteiger partial charge in [-0.1, -0.05) is 12.1 Å². The van der Waals surface area contributed by atoms with Gasteiger partial charge in [-0.25, -0.2) is 9.97 Å². The molecule has 0 saturated carbocycles. The molecule has 0 aliphatic heterocycles. The minimum atomic E-state index is 0.151. The summed E-state index contributed by atoms with van der Waals surface area (Å²) in [5, 5.41) is 4.29. The van der Waals surface area contributed by atoms with Crippen molar-refractivity contribution in [2.24, 2.45) is 0 Å². The lowest BCUT2D eigenvalue weighted by Gasteiger charge is -2.15. The maximum Gasteiger partial charge on any atom is 0.130 e. The Kier molecular flexibility index (Phi) is 4.04. The molecule has 1 atom stereocenters. The molecule has 0 saturated heterocycles. The van der Waals surface area contributed by atoms with Crippen molar-refractivity contribution in [1.29, 1.82) is 0 Å². The Morgan fingerprint density at radius 3 is 2.83 bits per heavy atom. The van der Waals surface area contributed by atoms with Crippen LogP contribution in [0, 0.1) is 0 Å². The van der Waals surface area contributed by atoms with E-state index in [1.807, 2.05) is 36.6 Å². The molecule has 5 heteroatoms. The number of benzene rings is 1. The molecule has 1 heterocycles. The highest BCUT2D eigenvalue weighted by atomic mass is 32.2. The minimum Gasteiger partial charge on any atom is -0.399 e. The van der Waals surface area contributed by atoms with Crippen LogP contribution in [0.1, 0.15) is 18.5 Å². The summed E-state index contributed by atoms with van der Waals surface area (Å²) in [6.45, 7) is 2.08. The molecular formula is C13H16N4S. The summed E-state index contributed by atoms with van der Waals surface area (Å²) in [6.07, 6.45) is 3.56. The first-order valence-corrected chi connectivity index (χ1v) is 6.89. The van der Waals surface area contributed by atoms with E-state index in [0.29, 0.717) is 0 Å². The second-order valence-electron chi connectivity index (χ2n) is 3.98. The van der Waals surface area contributed by atoms with Crippen molar-refractivity contribution >= 4 is 23.3 Å². The number of nitrogens with two attached hydrogens (primary N) is 1. The first-order chi connectivity index (χ1) is 8.69. The second-order valence-corrected chi connectivity index (χ2v) is 4.81. The second kappa shape index (κ2) is 5.73. The lowest BCUT2D eigenvalue weighted by atomic mass is 10.1. The lowest BCUT2D eigenvalue weighted by Crippen LogP contribution is -2.08. The highest BCUT2D eigenvalue weighted by Gasteiger charge is 2.06. The summed E-state index contributed by atoms with van der Waals surface area (Å²) in [5.74, 6) is 0.823. The van der Waals surface area contributed by atoms with Crippen molar-refractivity contribution in [2.45, 2.75) is 18.0 Å². The van der Waals surface area contributed by atoms with Gasteiger partial charge in [-0.3, -0.25) is 0 Å². The number of nitrogens with one attached hydrogen (secondary N) is 1. The molecule has 2 rings (SSSR count). The third-order valence-corrected chi connectivity index (χ3v) is 3.27. The van der Waals surface area contributed by atoms with E-state index < -0.39 is 0 Å². The van der Waals surface area contributed by atoms with Crippen molar-refractivity contribution in [3.63, 3.8) is 0 Å². The van der Waals surface area contributed by atoms with Gasteiger partial charge in [0.25, 0.3) is 0 Å². The zero-order valence-electron chi connectivity index (χ0n) is 10.4. The highest BCUT2D eigenvalue weighted by molar-refractivity contribution is 7.98. The first kappa shape index (κ1) is 12.7. The van der Waals surface area contributed by atoms with Crippen molar-refractivity contribution in [1.82, 2.24) is 9.97 Å². The summed E-state index contributed by atoms with van der Waals surface area (Å²) in [7, 11) is 0. The standard InChI is InChI=1S/C13H16N4S/c1-9(10-4-3-5-11(14)6-10)17-12-7-13(18-2)16-8-15-12/h3-9H,14H2,1-2H3,(H,15,16,17). The minimum absolute atomic E-state index is 0.151. The average molecular weight is 260 g/mol. The summed E-state index contributed by atoms with van der Waals surface area (Å²) in [4.78, 5) is 8.35. The third-order valence-electron chi connectivity index (χ3n) is 2.63. The van der Waals surface area contributed by atoms with Crippen molar-refractivity contribution in [3.8, 4) is 0 Å². The van der Waals surface area contributed by atoms with Gasteiger partial charge in [0.2, 0.25) is 0 Å². The molecule has 1 aromatic heterocycles. The van der Waals surface area contributed by atoms with Crippen LogP contribution in [0.3, 0.4) is 0 Å². The fourth-order valence-corrected chi connectivity index (χ4v) is 2.05. The highest BCUT2D eigenvalue weighted by Crippen LogP contribution is 2.21. The van der Waals surface area contributed by atoms with E-state index in [-0.39, 0.29) is 6.04 Å². The molecule has 0 amide bonds. The average Bonchev–Trinajstić information content (AvgIpc) is 2.39. The van der Waals surface area contributed by atoms with Crippen molar-refractivity contribution < 1.29 is 0 Å². The molecule has 2 aromatic rings. The largest absolute Gasteiger partial charge is 0.399 e. The number of hydrogen-bond donors (Lipinski definition) is 2. The molecule has 0 bridgehead atoms. The van der Waals surface area contributed by atoms with Gasteiger partial charge < -0.3 is 11.1 Å². The third kappa shape index (κ3) is 3.13. The van der Waals surface area contributed by atoms with Crippen molar-refractivity contribution in [3.05, 3.63) is 42.2 Å². The maximum absolute atomic E-state index is 5.78. The van der Waals surface area contributed by atoms with E-state index >= 15 is 0 Å². The summed E-state index contributed by atoms with van der Waals surface area (Å²) in [6, 6.07) is 9.94. The van der Waals surface area contributed by atoms with Crippen molar-refractivity contribution in [2.75, 3.05) is 17.3 Å². The molecule has 94 valence electrons. The van der Waals surface area contributed by atoms with Crippen LogP contribution in [-0.4, -0.2) is 16.2 Å². The lowest BCUT2D eigenvalue weighted by molar-refractivity contribution is 0.867. The molecule has 0 aliphatic rings. The number of nitrogen functional groups attached to an aromatic ring is 1. The van der Waals surface area contributed by atoms with Crippen LogP contribution in [0.2, 0.25) is 0 Å². The summed E-state index contributed by atoms with van der Waals surface area (Å²) < 4.78 is 0. The van der Waals surface area contributed by atoms with Crippen LogP contribution in [-0.2, 0) is 0 Å². The predicted octanol–water partition coefficient (Wildman–Crippen LogP) is 2.95. The quantitative estimate of drug-likeness (QED) is 0.502. The van der Waals surface area contributed by atoms with Gasteiger partial charge in [0.15, 0.2) is 0 Å². The zero-order chi connectivity index (χ0) is 13.0. The Balaban J connectivity index is 2.13. The molecule has 0 aliphatic carbocycles. The van der Waals surface area contributed by atoms with E-state index in [0.717, 1.165) is 22.1 Å². The number of aromatic nitrogens is 2. The Morgan fingerprint density at radius 1 is 1.28 bits per heavy atom. The monoisotopic (exact) mass is 260 g/mol. The van der Waals surface area contributed by atoms with Gasteiger partial charge in [0.1, 0.15) is 17.2 Å². The molecule has 0 radical (unpaired) electrons.